The molecule has 0 radical (unpaired) electrons. The van der Waals surface area contributed by atoms with Crippen LogP contribution in [0.5, 0.6) is 0 Å². The molecule has 0 fully saturated rings. The molecule has 2 nitrogen and oxygen atoms in total. The van der Waals surface area contributed by atoms with Gasteiger partial charge in [0, 0.05) is 16.4 Å². The van der Waals surface area contributed by atoms with Crippen molar-refractivity contribution in [3.05, 3.63) is 21.9 Å². The largest absolute Gasteiger partial charge is 0.459 e. The van der Waals surface area contributed by atoms with Gasteiger partial charge in [-0.3, -0.25) is 0 Å². The number of ether oxygens (including phenoxy) is 1. The van der Waals surface area contributed by atoms with Crippen LogP contribution in [0.1, 0.15) is 10.4 Å². The number of aryl methyl sites for hydroxylation is 1. The molecule has 0 N–H and O–H groups in total. The third-order valence-corrected chi connectivity index (χ3v) is 2.19. The topological polar surface area (TPSA) is 26.3 Å². The first-order valence-electron chi connectivity index (χ1n) is 3.38. The fourth-order valence-electron chi connectivity index (χ4n) is 0.684. The van der Waals surface area contributed by atoms with Gasteiger partial charge in [-0.15, -0.1) is 11.3 Å². The summed E-state index contributed by atoms with van der Waals surface area (Å²) in [6.45, 7) is 1.96. The lowest BCUT2D eigenvalue weighted by molar-refractivity contribution is -0.133. The normalized spacial score (nSPS) is 8.50. The van der Waals surface area contributed by atoms with E-state index in [4.69, 9.17) is 0 Å². The lowest BCUT2D eigenvalue weighted by Gasteiger charge is -1.85. The van der Waals surface area contributed by atoms with E-state index in [1.54, 1.807) is 11.3 Å². The van der Waals surface area contributed by atoms with Crippen molar-refractivity contribution in [2.45, 2.75) is 6.92 Å². The second kappa shape index (κ2) is 3.93. The van der Waals surface area contributed by atoms with Gasteiger partial charge >= 0.3 is 5.97 Å². The van der Waals surface area contributed by atoms with Gasteiger partial charge in [0.2, 0.25) is 0 Å². The fraction of sp³-hybridized carbons (Fsp3) is 0.222. The first kappa shape index (κ1) is 8.82. The van der Waals surface area contributed by atoms with Crippen LogP contribution in [0.3, 0.4) is 0 Å². The van der Waals surface area contributed by atoms with Gasteiger partial charge in [0.05, 0.1) is 7.11 Å². The number of methoxy groups -OCH3 is 1. The van der Waals surface area contributed by atoms with Crippen molar-refractivity contribution in [2.24, 2.45) is 0 Å². The zero-order chi connectivity index (χ0) is 8.97. The lowest BCUT2D eigenvalue weighted by Crippen LogP contribution is -1.94. The quantitative estimate of drug-likeness (QED) is 0.447. The second-order valence-electron chi connectivity index (χ2n) is 2.13. The molecule has 0 atom stereocenters. The molecule has 62 valence electrons. The van der Waals surface area contributed by atoms with Crippen LogP contribution < -0.4 is 0 Å². The molecular formula is C9H8O2S. The standard InChI is InChI=1S/C9H8O2S/c1-7-8(5-6-12-7)3-4-9(10)11-2/h5-6H,1-2H3. The summed E-state index contributed by atoms with van der Waals surface area (Å²) in [5, 5.41) is 1.94. The van der Waals surface area contributed by atoms with Crippen LogP contribution in [0.4, 0.5) is 0 Å². The zero-order valence-electron chi connectivity index (χ0n) is 6.88. The predicted octanol–water partition coefficient (Wildman–Crippen LogP) is 1.58. The van der Waals surface area contributed by atoms with Crippen molar-refractivity contribution in [3.8, 4) is 11.8 Å². The SMILES string of the molecule is COC(=O)C#Cc1ccsc1C. The lowest BCUT2D eigenvalue weighted by atomic mass is 10.3. The summed E-state index contributed by atoms with van der Waals surface area (Å²) in [5.41, 5.74) is 0.894. The van der Waals surface area contributed by atoms with Crippen molar-refractivity contribution in [1.82, 2.24) is 0 Å². The molecule has 1 rings (SSSR count). The Bertz CT molecular complexity index is 341. The van der Waals surface area contributed by atoms with Crippen LogP contribution in [0.25, 0.3) is 0 Å². The fourth-order valence-corrected chi connectivity index (χ4v) is 1.34. The molecule has 3 heteroatoms. The third-order valence-electron chi connectivity index (χ3n) is 1.34. The molecule has 0 amide bonds. The maximum Gasteiger partial charge on any atom is 0.384 e. The van der Waals surface area contributed by atoms with Crippen LogP contribution in [0, 0.1) is 18.8 Å². The Morgan fingerprint density at radius 3 is 2.92 bits per heavy atom. The molecule has 0 saturated heterocycles. The maximum atomic E-state index is 10.6. The van der Waals surface area contributed by atoms with Gasteiger partial charge < -0.3 is 4.74 Å². The van der Waals surface area contributed by atoms with Gasteiger partial charge in [-0.1, -0.05) is 5.92 Å². The second-order valence-corrected chi connectivity index (χ2v) is 3.25. The van der Waals surface area contributed by atoms with Crippen LogP contribution in [0.15, 0.2) is 11.4 Å². The highest BCUT2D eigenvalue weighted by Gasteiger charge is 1.95. The number of thiophene rings is 1. The summed E-state index contributed by atoms with van der Waals surface area (Å²) in [4.78, 5) is 11.7. The molecular weight excluding hydrogens is 172 g/mol. The summed E-state index contributed by atoms with van der Waals surface area (Å²) in [7, 11) is 1.32. The highest BCUT2D eigenvalue weighted by atomic mass is 32.1. The van der Waals surface area contributed by atoms with Gasteiger partial charge in [0.25, 0.3) is 0 Å². The molecule has 0 bridgehead atoms. The Labute approximate surface area is 75.2 Å². The Hall–Kier alpha value is -1.27. The average Bonchev–Trinajstić information content (AvgIpc) is 2.47. The highest BCUT2D eigenvalue weighted by Crippen LogP contribution is 2.12. The van der Waals surface area contributed by atoms with Crippen molar-refractivity contribution in [2.75, 3.05) is 7.11 Å². The van der Waals surface area contributed by atoms with Crippen molar-refractivity contribution in [3.63, 3.8) is 0 Å². The maximum absolute atomic E-state index is 10.6. The Morgan fingerprint density at radius 2 is 2.42 bits per heavy atom. The highest BCUT2D eigenvalue weighted by molar-refractivity contribution is 7.10. The molecule has 0 aliphatic carbocycles. The predicted molar refractivity (Wildman–Crippen MR) is 48.0 cm³/mol. The van der Waals surface area contributed by atoms with E-state index in [1.807, 2.05) is 18.4 Å². The van der Waals surface area contributed by atoms with E-state index in [0.29, 0.717) is 0 Å². The number of carbonyl (C=O) groups is 1. The van der Waals surface area contributed by atoms with Gasteiger partial charge in [-0.05, 0) is 18.4 Å². The van der Waals surface area contributed by atoms with E-state index in [9.17, 15) is 4.79 Å². The summed E-state index contributed by atoms with van der Waals surface area (Å²) in [5.74, 6) is 4.60. The molecule has 1 aromatic heterocycles. The molecule has 12 heavy (non-hydrogen) atoms. The number of hydrogen-bond donors (Lipinski definition) is 0. The molecule has 0 aromatic carbocycles. The first-order valence-corrected chi connectivity index (χ1v) is 4.26. The number of hydrogen-bond acceptors (Lipinski definition) is 3. The van der Waals surface area contributed by atoms with E-state index in [1.165, 1.54) is 7.11 Å². The first-order chi connectivity index (χ1) is 5.74. The van der Waals surface area contributed by atoms with Gasteiger partial charge in [0.1, 0.15) is 0 Å². The molecule has 0 saturated carbocycles. The number of rotatable bonds is 0. The minimum Gasteiger partial charge on any atom is -0.459 e. The molecule has 0 aliphatic rings. The van der Waals surface area contributed by atoms with Crippen LogP contribution in [0.2, 0.25) is 0 Å². The van der Waals surface area contributed by atoms with Crippen LogP contribution in [-0.2, 0) is 9.53 Å². The van der Waals surface area contributed by atoms with Crippen molar-refractivity contribution >= 4 is 17.3 Å². The van der Waals surface area contributed by atoms with E-state index in [2.05, 4.69) is 16.6 Å². The Morgan fingerprint density at radius 1 is 1.67 bits per heavy atom. The van der Waals surface area contributed by atoms with E-state index < -0.39 is 5.97 Å². The molecule has 1 heterocycles. The third kappa shape index (κ3) is 2.11. The summed E-state index contributed by atoms with van der Waals surface area (Å²) < 4.78 is 4.38. The number of esters is 1. The smallest absolute Gasteiger partial charge is 0.384 e. The number of carbonyl (C=O) groups excluding carboxylic acids is 1. The van der Waals surface area contributed by atoms with Gasteiger partial charge in [0.15, 0.2) is 0 Å². The average molecular weight is 180 g/mol. The summed E-state index contributed by atoms with van der Waals surface area (Å²) in [6.07, 6.45) is 0. The molecule has 0 aliphatic heterocycles. The summed E-state index contributed by atoms with van der Waals surface area (Å²) in [6, 6.07) is 1.88. The monoisotopic (exact) mass is 180 g/mol. The van der Waals surface area contributed by atoms with E-state index in [-0.39, 0.29) is 0 Å². The molecule has 0 spiro atoms. The van der Waals surface area contributed by atoms with Crippen LogP contribution >= 0.6 is 11.3 Å². The minimum atomic E-state index is -0.499. The Kier molecular flexibility index (Phi) is 2.89. The van der Waals surface area contributed by atoms with Crippen molar-refractivity contribution in [1.29, 1.82) is 0 Å². The minimum absolute atomic E-state index is 0.499. The summed E-state index contributed by atoms with van der Waals surface area (Å²) >= 11 is 1.61. The molecule has 0 unspecified atom stereocenters. The van der Waals surface area contributed by atoms with E-state index in [0.717, 1.165) is 10.4 Å². The van der Waals surface area contributed by atoms with Gasteiger partial charge in [-0.2, -0.15) is 0 Å². The van der Waals surface area contributed by atoms with E-state index >= 15 is 0 Å². The molecule has 1 aromatic rings. The van der Waals surface area contributed by atoms with Crippen LogP contribution in [-0.4, -0.2) is 13.1 Å². The Balaban J connectivity index is 2.79. The van der Waals surface area contributed by atoms with Gasteiger partial charge in [-0.25, -0.2) is 4.79 Å². The van der Waals surface area contributed by atoms with Crippen molar-refractivity contribution < 1.29 is 9.53 Å². The zero-order valence-corrected chi connectivity index (χ0v) is 7.70.